The highest BCUT2D eigenvalue weighted by Crippen LogP contribution is 2.30. The maximum Gasteiger partial charge on any atom is 0.154 e. The Balaban J connectivity index is 1.99. The summed E-state index contributed by atoms with van der Waals surface area (Å²) in [4.78, 5) is 2.35. The Labute approximate surface area is 91.4 Å². The molecule has 84 valence electrons. The van der Waals surface area contributed by atoms with Gasteiger partial charge in [-0.15, -0.1) is 0 Å². The predicted molar refractivity (Wildman–Crippen MR) is 59.7 cm³/mol. The number of unbranched alkanes of at least 4 members (excludes halogenated alkanes) is 1. The second kappa shape index (κ2) is 4.79. The molecule has 1 aromatic rings. The summed E-state index contributed by atoms with van der Waals surface area (Å²) in [6, 6.07) is 2.61. The first kappa shape index (κ1) is 10.7. The fraction of sp³-hybridized carbons (Fsp3) is 0.750. The van der Waals surface area contributed by atoms with E-state index in [0.717, 1.165) is 17.9 Å². The van der Waals surface area contributed by atoms with Crippen molar-refractivity contribution >= 4 is 0 Å². The largest absolute Gasteiger partial charge is 0.359 e. The van der Waals surface area contributed by atoms with Crippen LogP contribution in [0.3, 0.4) is 0 Å². The van der Waals surface area contributed by atoms with Gasteiger partial charge in [-0.2, -0.15) is 0 Å². The van der Waals surface area contributed by atoms with E-state index in [4.69, 9.17) is 4.52 Å². The van der Waals surface area contributed by atoms with E-state index in [-0.39, 0.29) is 0 Å². The number of hydrogen-bond donors (Lipinski definition) is 0. The molecule has 0 radical (unpaired) electrons. The molecule has 15 heavy (non-hydrogen) atoms. The smallest absolute Gasteiger partial charge is 0.154 e. The molecule has 2 rings (SSSR count). The summed E-state index contributed by atoms with van der Waals surface area (Å²) in [5.41, 5.74) is 1.12. The van der Waals surface area contributed by atoms with E-state index in [1.807, 2.05) is 0 Å². The zero-order chi connectivity index (χ0) is 10.7. The summed E-state index contributed by atoms with van der Waals surface area (Å²) in [5, 5.41) is 4.13. The molecule has 3 nitrogen and oxygen atoms in total. The molecule has 2 heterocycles. The Hall–Kier alpha value is -0.830. The van der Waals surface area contributed by atoms with Gasteiger partial charge in [0.1, 0.15) is 0 Å². The first-order chi connectivity index (χ1) is 7.31. The molecular formula is C12H20N2O. The number of aryl methyl sites for hydroxylation is 1. The summed E-state index contributed by atoms with van der Waals surface area (Å²) < 4.78 is 5.42. The van der Waals surface area contributed by atoms with Crippen LogP contribution in [-0.4, -0.2) is 23.6 Å². The minimum Gasteiger partial charge on any atom is -0.359 e. The summed E-state index contributed by atoms with van der Waals surface area (Å²) in [5.74, 6) is 1.06. The Morgan fingerprint density at radius 1 is 1.60 bits per heavy atom. The van der Waals surface area contributed by atoms with Gasteiger partial charge in [0.05, 0.1) is 11.7 Å². The van der Waals surface area contributed by atoms with Gasteiger partial charge in [0.25, 0.3) is 0 Å². The number of rotatable bonds is 4. The van der Waals surface area contributed by atoms with Gasteiger partial charge in [-0.25, -0.2) is 0 Å². The van der Waals surface area contributed by atoms with Crippen LogP contribution in [0.25, 0.3) is 0 Å². The average Bonchev–Trinajstić information content (AvgIpc) is 2.83. The third kappa shape index (κ3) is 2.40. The van der Waals surface area contributed by atoms with Crippen molar-refractivity contribution in [2.24, 2.45) is 0 Å². The molecule has 0 unspecified atom stereocenters. The van der Waals surface area contributed by atoms with Gasteiger partial charge in [0.2, 0.25) is 0 Å². The fourth-order valence-electron chi connectivity index (χ4n) is 2.23. The topological polar surface area (TPSA) is 29.3 Å². The van der Waals surface area contributed by atoms with Gasteiger partial charge in [-0.3, -0.25) is 4.90 Å². The van der Waals surface area contributed by atoms with Crippen molar-refractivity contribution in [3.05, 3.63) is 17.5 Å². The van der Waals surface area contributed by atoms with Gasteiger partial charge >= 0.3 is 0 Å². The molecular weight excluding hydrogens is 188 g/mol. The lowest BCUT2D eigenvalue weighted by Crippen LogP contribution is -2.16. The third-order valence-corrected chi connectivity index (χ3v) is 3.21. The molecule has 0 saturated carbocycles. The molecule has 1 fully saturated rings. The lowest BCUT2D eigenvalue weighted by atomic mass is 10.1. The highest BCUT2D eigenvalue weighted by molar-refractivity contribution is 5.10. The van der Waals surface area contributed by atoms with Crippen molar-refractivity contribution in [2.45, 2.75) is 45.1 Å². The van der Waals surface area contributed by atoms with E-state index in [1.54, 1.807) is 0 Å². The van der Waals surface area contributed by atoms with Crippen molar-refractivity contribution in [3.63, 3.8) is 0 Å². The Morgan fingerprint density at radius 3 is 3.13 bits per heavy atom. The minimum absolute atomic E-state index is 0.466. The van der Waals surface area contributed by atoms with Gasteiger partial charge in [-0.1, -0.05) is 18.5 Å². The molecule has 0 aliphatic carbocycles. The van der Waals surface area contributed by atoms with Crippen LogP contribution >= 0.6 is 0 Å². The molecule has 1 aliphatic rings. The molecule has 1 atom stereocenters. The van der Waals surface area contributed by atoms with Gasteiger partial charge in [-0.05, 0) is 39.3 Å². The van der Waals surface area contributed by atoms with E-state index in [0.29, 0.717) is 6.04 Å². The van der Waals surface area contributed by atoms with Crippen molar-refractivity contribution in [2.75, 3.05) is 13.6 Å². The molecule has 3 heteroatoms. The van der Waals surface area contributed by atoms with Crippen molar-refractivity contribution in [3.8, 4) is 0 Å². The van der Waals surface area contributed by atoms with Crippen LogP contribution in [-0.2, 0) is 6.42 Å². The van der Waals surface area contributed by atoms with E-state index < -0.39 is 0 Å². The molecule has 1 saturated heterocycles. The monoisotopic (exact) mass is 208 g/mol. The first-order valence-corrected chi connectivity index (χ1v) is 5.97. The van der Waals surface area contributed by atoms with Gasteiger partial charge in [0, 0.05) is 6.07 Å². The second-order valence-corrected chi connectivity index (χ2v) is 4.46. The second-order valence-electron chi connectivity index (χ2n) is 4.46. The molecule has 0 N–H and O–H groups in total. The average molecular weight is 208 g/mol. The Morgan fingerprint density at radius 2 is 2.47 bits per heavy atom. The van der Waals surface area contributed by atoms with Crippen LogP contribution < -0.4 is 0 Å². The highest BCUT2D eigenvalue weighted by Gasteiger charge is 2.25. The maximum absolute atomic E-state index is 5.42. The van der Waals surface area contributed by atoms with Crippen molar-refractivity contribution in [1.82, 2.24) is 10.1 Å². The van der Waals surface area contributed by atoms with E-state index in [9.17, 15) is 0 Å². The standard InChI is InChI=1S/C12H20N2O/c1-3-4-6-10-9-12(15-13-10)11-7-5-8-14(11)2/h9,11H,3-8H2,1-2H3/t11-/m1/s1. The highest BCUT2D eigenvalue weighted by atomic mass is 16.5. The third-order valence-electron chi connectivity index (χ3n) is 3.21. The SMILES string of the molecule is CCCCc1cc([C@H]2CCCN2C)on1. The minimum atomic E-state index is 0.466. The predicted octanol–water partition coefficient (Wildman–Crippen LogP) is 2.78. The van der Waals surface area contributed by atoms with Crippen LogP contribution in [0.15, 0.2) is 10.6 Å². The van der Waals surface area contributed by atoms with E-state index in [1.165, 1.54) is 32.2 Å². The molecule has 0 bridgehead atoms. The summed E-state index contributed by atoms with van der Waals surface area (Å²) in [6.07, 6.45) is 5.94. The van der Waals surface area contributed by atoms with Crippen molar-refractivity contribution in [1.29, 1.82) is 0 Å². The summed E-state index contributed by atoms with van der Waals surface area (Å²) in [7, 11) is 2.16. The molecule has 1 aromatic heterocycles. The van der Waals surface area contributed by atoms with Crippen molar-refractivity contribution < 1.29 is 4.52 Å². The van der Waals surface area contributed by atoms with Gasteiger partial charge in [0.15, 0.2) is 5.76 Å². The first-order valence-electron chi connectivity index (χ1n) is 5.97. The van der Waals surface area contributed by atoms with Crippen LogP contribution in [0.2, 0.25) is 0 Å². The summed E-state index contributed by atoms with van der Waals surface area (Å²) >= 11 is 0. The summed E-state index contributed by atoms with van der Waals surface area (Å²) in [6.45, 7) is 3.38. The van der Waals surface area contributed by atoms with Gasteiger partial charge < -0.3 is 4.52 Å². The van der Waals surface area contributed by atoms with Crippen LogP contribution in [0.4, 0.5) is 0 Å². The number of aromatic nitrogens is 1. The van der Waals surface area contributed by atoms with Crippen LogP contribution in [0, 0.1) is 0 Å². The quantitative estimate of drug-likeness (QED) is 0.762. The number of likely N-dealkylation sites (tertiary alicyclic amines) is 1. The lowest BCUT2D eigenvalue weighted by Gasteiger charge is -2.15. The Bertz CT molecular complexity index is 308. The Kier molecular flexibility index (Phi) is 3.41. The number of hydrogen-bond acceptors (Lipinski definition) is 3. The van der Waals surface area contributed by atoms with Crippen LogP contribution in [0.5, 0.6) is 0 Å². The van der Waals surface area contributed by atoms with E-state index in [2.05, 4.69) is 30.1 Å². The molecule has 0 spiro atoms. The number of nitrogens with zero attached hydrogens (tertiary/aromatic N) is 2. The lowest BCUT2D eigenvalue weighted by molar-refractivity contribution is 0.251. The molecule has 0 aromatic carbocycles. The molecule has 1 aliphatic heterocycles. The van der Waals surface area contributed by atoms with Crippen LogP contribution in [0.1, 0.15) is 50.1 Å². The zero-order valence-corrected chi connectivity index (χ0v) is 9.70. The molecule has 0 amide bonds. The normalized spacial score (nSPS) is 22.4. The zero-order valence-electron chi connectivity index (χ0n) is 9.70. The fourth-order valence-corrected chi connectivity index (χ4v) is 2.23. The van der Waals surface area contributed by atoms with E-state index >= 15 is 0 Å². The maximum atomic E-state index is 5.42.